The van der Waals surface area contributed by atoms with Crippen molar-refractivity contribution in [2.45, 2.75) is 20.3 Å². The first kappa shape index (κ1) is 11.5. The summed E-state index contributed by atoms with van der Waals surface area (Å²) in [5, 5.41) is 0. The minimum absolute atomic E-state index is 0.0636. The molecular formula is C14H14N2O. The number of Topliss-reactive ketones (excluding diaryl/α,β-unsaturated/α-hetero) is 1. The lowest BCUT2D eigenvalue weighted by Crippen LogP contribution is -2.08. The van der Waals surface area contributed by atoms with Crippen molar-refractivity contribution in [2.24, 2.45) is 0 Å². The summed E-state index contributed by atoms with van der Waals surface area (Å²) in [5.74, 6) is 0.0636. The summed E-state index contributed by atoms with van der Waals surface area (Å²) >= 11 is 0. The van der Waals surface area contributed by atoms with Gasteiger partial charge in [-0.2, -0.15) is 0 Å². The predicted octanol–water partition coefficient (Wildman–Crippen LogP) is 2.52. The van der Waals surface area contributed by atoms with Crippen molar-refractivity contribution >= 4 is 5.78 Å². The van der Waals surface area contributed by atoms with Crippen molar-refractivity contribution < 1.29 is 4.79 Å². The number of aromatic nitrogens is 2. The Labute approximate surface area is 101 Å². The van der Waals surface area contributed by atoms with Crippen LogP contribution in [0.5, 0.6) is 0 Å². The average molecular weight is 226 g/mol. The molecule has 0 amide bonds. The van der Waals surface area contributed by atoms with E-state index >= 15 is 0 Å². The summed E-state index contributed by atoms with van der Waals surface area (Å²) in [6, 6.07) is 9.28. The van der Waals surface area contributed by atoms with E-state index in [1.807, 2.05) is 44.2 Å². The van der Waals surface area contributed by atoms with Crippen LogP contribution in [0, 0.1) is 13.8 Å². The van der Waals surface area contributed by atoms with Crippen molar-refractivity contribution in [3.05, 3.63) is 59.2 Å². The Morgan fingerprint density at radius 3 is 2.65 bits per heavy atom. The number of carbonyl (C=O) groups is 1. The number of nitrogens with zero attached hydrogens (tertiary/aromatic N) is 2. The summed E-state index contributed by atoms with van der Waals surface area (Å²) < 4.78 is 0. The van der Waals surface area contributed by atoms with E-state index in [0.717, 1.165) is 17.1 Å². The summed E-state index contributed by atoms with van der Waals surface area (Å²) in [6.07, 6.45) is 2.02. The lowest BCUT2D eigenvalue weighted by molar-refractivity contribution is 0.0991. The molecule has 0 aliphatic carbocycles. The molecule has 2 aromatic heterocycles. The fraction of sp³-hybridized carbons (Fsp3) is 0.214. The fourth-order valence-corrected chi connectivity index (χ4v) is 1.74. The molecule has 0 aliphatic rings. The molecule has 0 bridgehead atoms. The van der Waals surface area contributed by atoms with E-state index in [1.165, 1.54) is 0 Å². The van der Waals surface area contributed by atoms with Crippen LogP contribution in [0.25, 0.3) is 0 Å². The van der Waals surface area contributed by atoms with Crippen LogP contribution in [0.4, 0.5) is 0 Å². The van der Waals surface area contributed by atoms with Gasteiger partial charge in [0.2, 0.25) is 0 Å². The minimum atomic E-state index is 0.0636. The van der Waals surface area contributed by atoms with Gasteiger partial charge in [-0.1, -0.05) is 6.07 Å². The third-order valence-corrected chi connectivity index (χ3v) is 2.59. The molecule has 0 saturated heterocycles. The number of pyridine rings is 2. The molecule has 2 rings (SSSR count). The maximum absolute atomic E-state index is 12.1. The largest absolute Gasteiger partial charge is 0.294 e. The minimum Gasteiger partial charge on any atom is -0.294 e. The van der Waals surface area contributed by atoms with Gasteiger partial charge in [0.25, 0.3) is 0 Å². The molecule has 0 radical (unpaired) electrons. The maximum atomic E-state index is 12.1. The Morgan fingerprint density at radius 1 is 1.18 bits per heavy atom. The summed E-state index contributed by atoms with van der Waals surface area (Å²) in [6.45, 7) is 3.78. The average Bonchev–Trinajstić information content (AvgIpc) is 2.30. The van der Waals surface area contributed by atoms with Gasteiger partial charge in [-0.05, 0) is 38.1 Å². The summed E-state index contributed by atoms with van der Waals surface area (Å²) in [7, 11) is 0. The van der Waals surface area contributed by atoms with Crippen LogP contribution in [0.15, 0.2) is 36.5 Å². The molecule has 0 fully saturated rings. The lowest BCUT2D eigenvalue weighted by Gasteiger charge is -2.04. The van der Waals surface area contributed by atoms with Crippen LogP contribution in [0.2, 0.25) is 0 Å². The molecule has 0 atom stereocenters. The van der Waals surface area contributed by atoms with Gasteiger partial charge in [0.1, 0.15) is 0 Å². The number of hydrogen-bond acceptors (Lipinski definition) is 3. The van der Waals surface area contributed by atoms with Crippen LogP contribution in [-0.2, 0) is 6.42 Å². The highest BCUT2D eigenvalue weighted by atomic mass is 16.1. The number of carbonyl (C=O) groups excluding carboxylic acids is 1. The standard InChI is InChI=1S/C14H14N2O/c1-10-6-7-13(11(2)16-10)14(17)9-12-5-3-4-8-15-12/h3-8H,9H2,1-2H3. The highest BCUT2D eigenvalue weighted by molar-refractivity contribution is 5.98. The molecule has 0 N–H and O–H groups in total. The quantitative estimate of drug-likeness (QED) is 0.755. The molecule has 2 aromatic rings. The molecule has 17 heavy (non-hydrogen) atoms. The number of hydrogen-bond donors (Lipinski definition) is 0. The van der Waals surface area contributed by atoms with Crippen molar-refractivity contribution in [3.8, 4) is 0 Å². The van der Waals surface area contributed by atoms with Gasteiger partial charge in [0.15, 0.2) is 5.78 Å². The molecule has 0 aliphatic heterocycles. The van der Waals surface area contributed by atoms with Crippen LogP contribution in [-0.4, -0.2) is 15.8 Å². The number of ketones is 1. The molecule has 3 heteroatoms. The fourth-order valence-electron chi connectivity index (χ4n) is 1.74. The molecule has 0 unspecified atom stereocenters. The van der Waals surface area contributed by atoms with E-state index in [2.05, 4.69) is 9.97 Å². The van der Waals surface area contributed by atoms with E-state index < -0.39 is 0 Å². The monoisotopic (exact) mass is 226 g/mol. The zero-order valence-electron chi connectivity index (χ0n) is 9.97. The molecule has 0 aromatic carbocycles. The second-order valence-corrected chi connectivity index (χ2v) is 4.01. The zero-order valence-corrected chi connectivity index (χ0v) is 9.97. The maximum Gasteiger partial charge on any atom is 0.170 e. The molecule has 2 heterocycles. The highest BCUT2D eigenvalue weighted by Gasteiger charge is 2.11. The molecule has 3 nitrogen and oxygen atoms in total. The second-order valence-electron chi connectivity index (χ2n) is 4.01. The van der Waals surface area contributed by atoms with Crippen molar-refractivity contribution in [2.75, 3.05) is 0 Å². The first-order valence-corrected chi connectivity index (χ1v) is 5.54. The van der Waals surface area contributed by atoms with Crippen LogP contribution < -0.4 is 0 Å². The van der Waals surface area contributed by atoms with Gasteiger partial charge < -0.3 is 0 Å². The van der Waals surface area contributed by atoms with Crippen molar-refractivity contribution in [3.63, 3.8) is 0 Å². The molecular weight excluding hydrogens is 212 g/mol. The number of aryl methyl sites for hydroxylation is 2. The summed E-state index contributed by atoms with van der Waals surface area (Å²) in [5.41, 5.74) is 3.18. The third-order valence-electron chi connectivity index (χ3n) is 2.59. The van der Waals surface area contributed by atoms with Gasteiger partial charge in [-0.3, -0.25) is 14.8 Å². The first-order chi connectivity index (χ1) is 8.16. The zero-order chi connectivity index (χ0) is 12.3. The molecule has 0 spiro atoms. The summed E-state index contributed by atoms with van der Waals surface area (Å²) in [4.78, 5) is 20.5. The van der Waals surface area contributed by atoms with Gasteiger partial charge in [-0.15, -0.1) is 0 Å². The van der Waals surface area contributed by atoms with E-state index in [4.69, 9.17) is 0 Å². The Kier molecular flexibility index (Phi) is 3.28. The SMILES string of the molecule is Cc1ccc(C(=O)Cc2ccccn2)c(C)n1. The van der Waals surface area contributed by atoms with Gasteiger partial charge in [-0.25, -0.2) is 0 Å². The normalized spacial score (nSPS) is 10.2. The lowest BCUT2D eigenvalue weighted by atomic mass is 10.0. The Bertz CT molecular complexity index is 535. The van der Waals surface area contributed by atoms with Crippen molar-refractivity contribution in [1.82, 2.24) is 9.97 Å². The number of rotatable bonds is 3. The predicted molar refractivity (Wildman–Crippen MR) is 66.0 cm³/mol. The molecule has 86 valence electrons. The van der Waals surface area contributed by atoms with E-state index in [-0.39, 0.29) is 5.78 Å². The van der Waals surface area contributed by atoms with E-state index in [9.17, 15) is 4.79 Å². The van der Waals surface area contributed by atoms with Crippen LogP contribution >= 0.6 is 0 Å². The van der Waals surface area contributed by atoms with Gasteiger partial charge >= 0.3 is 0 Å². The van der Waals surface area contributed by atoms with Crippen LogP contribution in [0.1, 0.15) is 27.4 Å². The Balaban J connectivity index is 2.21. The highest BCUT2D eigenvalue weighted by Crippen LogP contribution is 2.10. The van der Waals surface area contributed by atoms with Crippen LogP contribution in [0.3, 0.4) is 0 Å². The Hall–Kier alpha value is -2.03. The third kappa shape index (κ3) is 2.75. The molecule has 0 saturated carbocycles. The Morgan fingerprint density at radius 2 is 2.00 bits per heavy atom. The van der Waals surface area contributed by atoms with Gasteiger partial charge in [0.05, 0.1) is 6.42 Å². The second kappa shape index (κ2) is 4.87. The van der Waals surface area contributed by atoms with E-state index in [1.54, 1.807) is 6.20 Å². The van der Waals surface area contributed by atoms with Crippen molar-refractivity contribution in [1.29, 1.82) is 0 Å². The van der Waals surface area contributed by atoms with E-state index in [0.29, 0.717) is 12.0 Å². The first-order valence-electron chi connectivity index (χ1n) is 5.54. The smallest absolute Gasteiger partial charge is 0.170 e. The van der Waals surface area contributed by atoms with Gasteiger partial charge in [0, 0.05) is 28.8 Å². The topological polar surface area (TPSA) is 42.9 Å².